The molecule has 1 aliphatic rings. The molecular formula is C14H21N3O2. The average Bonchev–Trinajstić information content (AvgIpc) is 2.41. The summed E-state index contributed by atoms with van der Waals surface area (Å²) in [5.74, 6) is -0.0751. The highest BCUT2D eigenvalue weighted by Gasteiger charge is 2.26. The molecule has 1 atom stereocenters. The first-order chi connectivity index (χ1) is 9.02. The quantitative estimate of drug-likeness (QED) is 0.620. The van der Waals surface area contributed by atoms with E-state index in [0.29, 0.717) is 17.3 Å². The van der Waals surface area contributed by atoms with Crippen LogP contribution in [0.25, 0.3) is 0 Å². The van der Waals surface area contributed by atoms with Crippen molar-refractivity contribution in [1.29, 1.82) is 0 Å². The molecule has 5 heteroatoms. The van der Waals surface area contributed by atoms with Gasteiger partial charge in [-0.2, -0.15) is 0 Å². The summed E-state index contributed by atoms with van der Waals surface area (Å²) in [6, 6.07) is 5.07. The average molecular weight is 263 g/mol. The third kappa shape index (κ3) is 2.81. The Kier molecular flexibility index (Phi) is 3.95. The number of likely N-dealkylation sites (N-methyl/N-ethyl adjacent to an activating group) is 1. The van der Waals surface area contributed by atoms with E-state index in [2.05, 4.69) is 18.9 Å². The summed E-state index contributed by atoms with van der Waals surface area (Å²) in [6.45, 7) is 4.46. The number of carbonyl (C=O) groups excluding carboxylic acids is 1. The van der Waals surface area contributed by atoms with Crippen LogP contribution >= 0.6 is 0 Å². The molecule has 0 spiro atoms. The van der Waals surface area contributed by atoms with Crippen LogP contribution in [0.1, 0.15) is 23.7 Å². The zero-order valence-electron chi connectivity index (χ0n) is 11.5. The van der Waals surface area contributed by atoms with Gasteiger partial charge in [-0.05, 0) is 31.7 Å². The van der Waals surface area contributed by atoms with E-state index in [0.717, 1.165) is 26.1 Å². The minimum atomic E-state index is -0.0400. The van der Waals surface area contributed by atoms with Crippen LogP contribution in [0.15, 0.2) is 18.2 Å². The maximum absolute atomic E-state index is 12.4. The standard InChI is InChI=1S/C14H21N3O2/c1-3-11-9-17(7-6-16(11)2)14(19)10-4-5-12(15)13(18)8-10/h4-5,8,11,18H,3,6-7,9,15H2,1-2H3. The fourth-order valence-electron chi connectivity index (χ4n) is 2.43. The van der Waals surface area contributed by atoms with Crippen LogP contribution < -0.4 is 5.73 Å². The number of aromatic hydroxyl groups is 1. The molecular weight excluding hydrogens is 242 g/mol. The van der Waals surface area contributed by atoms with E-state index < -0.39 is 0 Å². The number of anilines is 1. The van der Waals surface area contributed by atoms with Crippen molar-refractivity contribution in [3.05, 3.63) is 23.8 Å². The Balaban J connectivity index is 2.13. The monoisotopic (exact) mass is 263 g/mol. The summed E-state index contributed by atoms with van der Waals surface area (Å²) in [5.41, 5.74) is 6.33. The zero-order valence-corrected chi connectivity index (χ0v) is 11.5. The summed E-state index contributed by atoms with van der Waals surface area (Å²) >= 11 is 0. The van der Waals surface area contributed by atoms with Crippen LogP contribution in [-0.2, 0) is 0 Å². The Bertz CT molecular complexity index is 476. The van der Waals surface area contributed by atoms with Gasteiger partial charge < -0.3 is 15.7 Å². The number of phenols is 1. The van der Waals surface area contributed by atoms with E-state index >= 15 is 0 Å². The molecule has 1 amide bonds. The van der Waals surface area contributed by atoms with Gasteiger partial charge in [-0.3, -0.25) is 9.69 Å². The van der Waals surface area contributed by atoms with Gasteiger partial charge in [-0.15, -0.1) is 0 Å². The molecule has 104 valence electrons. The van der Waals surface area contributed by atoms with Gasteiger partial charge in [0, 0.05) is 31.2 Å². The number of nitrogens with two attached hydrogens (primary N) is 1. The fourth-order valence-corrected chi connectivity index (χ4v) is 2.43. The van der Waals surface area contributed by atoms with E-state index in [4.69, 9.17) is 5.73 Å². The molecule has 0 radical (unpaired) electrons. The Morgan fingerprint density at radius 1 is 1.47 bits per heavy atom. The molecule has 0 aliphatic carbocycles. The van der Waals surface area contributed by atoms with Gasteiger partial charge in [-0.1, -0.05) is 6.92 Å². The first-order valence-corrected chi connectivity index (χ1v) is 6.61. The maximum Gasteiger partial charge on any atom is 0.254 e. The maximum atomic E-state index is 12.4. The van der Waals surface area contributed by atoms with Crippen LogP contribution in [0.2, 0.25) is 0 Å². The van der Waals surface area contributed by atoms with E-state index in [-0.39, 0.29) is 11.7 Å². The summed E-state index contributed by atoms with van der Waals surface area (Å²) in [4.78, 5) is 16.5. The van der Waals surface area contributed by atoms with Crippen LogP contribution in [0, 0.1) is 0 Å². The third-order valence-corrected chi connectivity index (χ3v) is 3.81. The molecule has 3 N–H and O–H groups in total. The van der Waals surface area contributed by atoms with E-state index in [1.54, 1.807) is 12.1 Å². The molecule has 5 nitrogen and oxygen atoms in total. The fraction of sp³-hybridized carbons (Fsp3) is 0.500. The van der Waals surface area contributed by atoms with Crippen molar-refractivity contribution < 1.29 is 9.90 Å². The Labute approximate surface area is 113 Å². The summed E-state index contributed by atoms with van der Waals surface area (Å²) in [7, 11) is 2.09. The van der Waals surface area contributed by atoms with Crippen molar-refractivity contribution in [3.63, 3.8) is 0 Å². The van der Waals surface area contributed by atoms with Crippen LogP contribution in [-0.4, -0.2) is 53.5 Å². The lowest BCUT2D eigenvalue weighted by Gasteiger charge is -2.39. The second-order valence-corrected chi connectivity index (χ2v) is 5.07. The number of rotatable bonds is 2. The van der Waals surface area contributed by atoms with Crippen molar-refractivity contribution in [2.45, 2.75) is 19.4 Å². The van der Waals surface area contributed by atoms with E-state index in [9.17, 15) is 9.90 Å². The largest absolute Gasteiger partial charge is 0.506 e. The molecule has 1 fully saturated rings. The predicted molar refractivity (Wildman–Crippen MR) is 75.1 cm³/mol. The lowest BCUT2D eigenvalue weighted by Crippen LogP contribution is -2.52. The van der Waals surface area contributed by atoms with Crippen molar-refractivity contribution in [2.24, 2.45) is 0 Å². The first-order valence-electron chi connectivity index (χ1n) is 6.61. The van der Waals surface area contributed by atoms with Crippen molar-refractivity contribution in [1.82, 2.24) is 9.80 Å². The Morgan fingerprint density at radius 3 is 2.84 bits per heavy atom. The molecule has 1 aromatic carbocycles. The third-order valence-electron chi connectivity index (χ3n) is 3.81. The normalized spacial score (nSPS) is 20.5. The number of benzene rings is 1. The summed E-state index contributed by atoms with van der Waals surface area (Å²) in [6.07, 6.45) is 1.02. The van der Waals surface area contributed by atoms with Gasteiger partial charge in [0.25, 0.3) is 5.91 Å². The summed E-state index contributed by atoms with van der Waals surface area (Å²) in [5, 5.41) is 9.58. The highest BCUT2D eigenvalue weighted by atomic mass is 16.3. The molecule has 0 aromatic heterocycles. The minimum absolute atomic E-state index is 0.0352. The second kappa shape index (κ2) is 5.48. The molecule has 1 aliphatic heterocycles. The topological polar surface area (TPSA) is 69.8 Å². The van der Waals surface area contributed by atoms with Gasteiger partial charge in [0.15, 0.2) is 0 Å². The molecule has 1 saturated heterocycles. The van der Waals surface area contributed by atoms with Crippen LogP contribution in [0.5, 0.6) is 5.75 Å². The van der Waals surface area contributed by atoms with Crippen molar-refractivity contribution >= 4 is 11.6 Å². The van der Waals surface area contributed by atoms with E-state index in [1.807, 2.05) is 4.90 Å². The van der Waals surface area contributed by atoms with E-state index in [1.165, 1.54) is 6.07 Å². The summed E-state index contributed by atoms with van der Waals surface area (Å²) < 4.78 is 0. The lowest BCUT2D eigenvalue weighted by atomic mass is 10.1. The number of nitrogens with zero attached hydrogens (tertiary/aromatic N) is 2. The van der Waals surface area contributed by atoms with Gasteiger partial charge >= 0.3 is 0 Å². The SMILES string of the molecule is CCC1CN(C(=O)c2ccc(N)c(O)c2)CCN1C. The molecule has 1 aromatic rings. The number of phenolic OH excluding ortho intramolecular Hbond substituents is 1. The van der Waals surface area contributed by atoms with Gasteiger partial charge in [-0.25, -0.2) is 0 Å². The van der Waals surface area contributed by atoms with Crippen molar-refractivity contribution in [2.75, 3.05) is 32.4 Å². The smallest absolute Gasteiger partial charge is 0.254 e. The Hall–Kier alpha value is -1.75. The van der Waals surface area contributed by atoms with Gasteiger partial charge in [0.2, 0.25) is 0 Å². The molecule has 0 saturated carbocycles. The molecule has 0 bridgehead atoms. The predicted octanol–water partition coefficient (Wildman–Crippen LogP) is 1.14. The van der Waals surface area contributed by atoms with Gasteiger partial charge in [0.1, 0.15) is 5.75 Å². The molecule has 1 heterocycles. The lowest BCUT2D eigenvalue weighted by molar-refractivity contribution is 0.0541. The van der Waals surface area contributed by atoms with Gasteiger partial charge in [0.05, 0.1) is 5.69 Å². The second-order valence-electron chi connectivity index (χ2n) is 5.07. The zero-order chi connectivity index (χ0) is 14.0. The molecule has 1 unspecified atom stereocenters. The first kappa shape index (κ1) is 13.7. The molecule has 19 heavy (non-hydrogen) atoms. The number of hydrogen-bond acceptors (Lipinski definition) is 4. The number of hydrogen-bond donors (Lipinski definition) is 2. The highest BCUT2D eigenvalue weighted by Crippen LogP contribution is 2.22. The number of piperazine rings is 1. The van der Waals surface area contributed by atoms with Crippen LogP contribution in [0.3, 0.4) is 0 Å². The van der Waals surface area contributed by atoms with Crippen LogP contribution in [0.4, 0.5) is 5.69 Å². The highest BCUT2D eigenvalue weighted by molar-refractivity contribution is 5.95. The minimum Gasteiger partial charge on any atom is -0.506 e. The number of nitrogen functional groups attached to an aromatic ring is 1. The number of carbonyl (C=O) groups is 1. The van der Waals surface area contributed by atoms with Crippen molar-refractivity contribution in [3.8, 4) is 5.75 Å². The molecule has 2 rings (SSSR count). The Morgan fingerprint density at radius 2 is 2.21 bits per heavy atom. The number of amides is 1.